The topological polar surface area (TPSA) is 108 Å². The molecule has 1 N–H and O–H groups in total. The van der Waals surface area contributed by atoms with Crippen molar-refractivity contribution >= 4 is 46.3 Å². The number of carbonyl (C=O) groups is 2. The smallest absolute Gasteiger partial charge is 0.258 e. The number of azo groups is 1. The Balaban J connectivity index is 2.41. The first-order valence-corrected chi connectivity index (χ1v) is 11.9. The fourth-order valence-electron chi connectivity index (χ4n) is 2.97. The molecule has 2 rings (SSSR count). The summed E-state index contributed by atoms with van der Waals surface area (Å²) in [6.07, 6.45) is 0. The van der Waals surface area contributed by atoms with E-state index in [9.17, 15) is 9.59 Å². The highest BCUT2D eigenvalue weighted by molar-refractivity contribution is 6.36. The Hall–Kier alpha value is -3.04. The number of halogens is 2. The molecule has 1 atom stereocenters. The van der Waals surface area contributed by atoms with Gasteiger partial charge in [-0.2, -0.15) is 10.2 Å². The zero-order chi connectivity index (χ0) is 26.0. The molecule has 2 aromatic carbocycles. The SMILES string of the molecule is CCOc1cc(N=NC(C(C)=O)C(=O)Nc2c(OCC)ccc(OCC)c2Cl)c(OCC)cc1Cl. The van der Waals surface area contributed by atoms with Crippen LogP contribution in [0.25, 0.3) is 0 Å². The zero-order valence-corrected chi connectivity index (χ0v) is 21.8. The van der Waals surface area contributed by atoms with Crippen LogP contribution in [-0.4, -0.2) is 44.2 Å². The summed E-state index contributed by atoms with van der Waals surface area (Å²) >= 11 is 12.7. The standard InChI is InChI=1S/C24H29Cl2N3O6/c1-6-32-17-10-11-18(33-7-2)23(21(17)26)27-24(31)22(14(5)30)29-28-16-13-19(34-8-3)15(25)12-20(16)35-9-4/h10-13,22H,6-9H2,1-5H3,(H,27,31). The second-order valence-corrected chi connectivity index (χ2v) is 7.74. The second kappa shape index (κ2) is 13.7. The van der Waals surface area contributed by atoms with Crippen LogP contribution in [-0.2, 0) is 9.59 Å². The van der Waals surface area contributed by atoms with Crippen LogP contribution in [0.15, 0.2) is 34.5 Å². The maximum atomic E-state index is 13.1. The fraction of sp³-hybridized carbons (Fsp3) is 0.417. The number of hydrogen-bond donors (Lipinski definition) is 1. The molecule has 0 spiro atoms. The van der Waals surface area contributed by atoms with E-state index in [1.54, 1.807) is 39.0 Å². The minimum Gasteiger partial charge on any atom is -0.492 e. The summed E-state index contributed by atoms with van der Waals surface area (Å²) in [4.78, 5) is 25.4. The molecule has 0 fully saturated rings. The van der Waals surface area contributed by atoms with Crippen molar-refractivity contribution in [2.45, 2.75) is 40.7 Å². The van der Waals surface area contributed by atoms with Gasteiger partial charge in [0, 0.05) is 12.1 Å². The average Bonchev–Trinajstić information content (AvgIpc) is 2.81. The van der Waals surface area contributed by atoms with Crippen molar-refractivity contribution in [1.29, 1.82) is 0 Å². The number of amides is 1. The van der Waals surface area contributed by atoms with Crippen molar-refractivity contribution in [3.05, 3.63) is 34.3 Å². The lowest BCUT2D eigenvalue weighted by atomic mass is 10.2. The Morgan fingerprint density at radius 3 is 2.00 bits per heavy atom. The molecule has 11 heteroatoms. The van der Waals surface area contributed by atoms with Gasteiger partial charge < -0.3 is 24.3 Å². The van der Waals surface area contributed by atoms with Crippen LogP contribution in [0.2, 0.25) is 10.0 Å². The lowest BCUT2D eigenvalue weighted by Gasteiger charge is -2.17. The molecule has 35 heavy (non-hydrogen) atoms. The van der Waals surface area contributed by atoms with Crippen molar-refractivity contribution in [2.75, 3.05) is 31.7 Å². The highest BCUT2D eigenvalue weighted by atomic mass is 35.5. The average molecular weight is 526 g/mol. The number of Topliss-reactive ketones (excluding diaryl/α,β-unsaturated/α-hetero) is 1. The molecule has 1 unspecified atom stereocenters. The Kier molecular flexibility index (Phi) is 11.1. The first kappa shape index (κ1) is 28.2. The van der Waals surface area contributed by atoms with E-state index in [1.165, 1.54) is 13.0 Å². The number of ketones is 1. The van der Waals surface area contributed by atoms with Crippen LogP contribution < -0.4 is 24.3 Å². The third-order valence-corrected chi connectivity index (χ3v) is 5.11. The van der Waals surface area contributed by atoms with Crippen LogP contribution in [0.4, 0.5) is 11.4 Å². The Morgan fingerprint density at radius 2 is 1.40 bits per heavy atom. The van der Waals surface area contributed by atoms with Gasteiger partial charge in [0.05, 0.1) is 31.5 Å². The first-order valence-electron chi connectivity index (χ1n) is 11.2. The summed E-state index contributed by atoms with van der Waals surface area (Å²) in [7, 11) is 0. The van der Waals surface area contributed by atoms with Crippen LogP contribution in [0.1, 0.15) is 34.6 Å². The molecule has 0 aliphatic rings. The number of benzene rings is 2. The predicted molar refractivity (Wildman–Crippen MR) is 135 cm³/mol. The highest BCUT2D eigenvalue weighted by Gasteiger charge is 2.26. The lowest BCUT2D eigenvalue weighted by Crippen LogP contribution is -2.32. The largest absolute Gasteiger partial charge is 0.492 e. The van der Waals surface area contributed by atoms with E-state index >= 15 is 0 Å². The van der Waals surface area contributed by atoms with E-state index in [-0.39, 0.29) is 16.4 Å². The number of rotatable bonds is 13. The van der Waals surface area contributed by atoms with E-state index < -0.39 is 17.7 Å². The molecular formula is C24H29Cl2N3O6. The number of carbonyl (C=O) groups excluding carboxylic acids is 2. The molecule has 0 heterocycles. The molecule has 0 radical (unpaired) electrons. The van der Waals surface area contributed by atoms with Crippen LogP contribution in [0.3, 0.4) is 0 Å². The number of anilines is 1. The normalized spacial score (nSPS) is 11.7. The summed E-state index contributed by atoms with van der Waals surface area (Å²) in [5.41, 5.74) is 0.427. The summed E-state index contributed by atoms with van der Waals surface area (Å²) < 4.78 is 22.1. The second-order valence-electron chi connectivity index (χ2n) is 6.95. The summed E-state index contributed by atoms with van der Waals surface area (Å²) in [6.45, 7) is 9.88. The molecule has 0 saturated carbocycles. The maximum absolute atomic E-state index is 13.1. The van der Waals surface area contributed by atoms with Crippen molar-refractivity contribution in [1.82, 2.24) is 0 Å². The van der Waals surface area contributed by atoms with Crippen molar-refractivity contribution in [3.63, 3.8) is 0 Å². The molecule has 0 bridgehead atoms. The molecule has 190 valence electrons. The van der Waals surface area contributed by atoms with Gasteiger partial charge in [0.1, 0.15) is 39.4 Å². The molecule has 0 aromatic heterocycles. The van der Waals surface area contributed by atoms with E-state index in [2.05, 4.69) is 15.5 Å². The fourth-order valence-corrected chi connectivity index (χ4v) is 3.43. The predicted octanol–water partition coefficient (Wildman–Crippen LogP) is 6.27. The monoisotopic (exact) mass is 525 g/mol. The molecule has 0 saturated heterocycles. The van der Waals surface area contributed by atoms with Gasteiger partial charge in [-0.15, -0.1) is 0 Å². The minimum atomic E-state index is -1.46. The van der Waals surface area contributed by atoms with Gasteiger partial charge in [-0.05, 0) is 46.8 Å². The van der Waals surface area contributed by atoms with Crippen molar-refractivity contribution < 1.29 is 28.5 Å². The molecule has 9 nitrogen and oxygen atoms in total. The van der Waals surface area contributed by atoms with Crippen molar-refractivity contribution in [3.8, 4) is 23.0 Å². The Labute approximate surface area is 214 Å². The van der Waals surface area contributed by atoms with Crippen molar-refractivity contribution in [2.24, 2.45) is 10.2 Å². The van der Waals surface area contributed by atoms with Gasteiger partial charge in [-0.1, -0.05) is 23.2 Å². The van der Waals surface area contributed by atoms with Gasteiger partial charge in [-0.3, -0.25) is 9.59 Å². The van der Waals surface area contributed by atoms with E-state index in [4.69, 9.17) is 42.1 Å². The third kappa shape index (κ3) is 7.47. The summed E-state index contributed by atoms with van der Waals surface area (Å²) in [5, 5.41) is 11.2. The number of hydrogen-bond acceptors (Lipinski definition) is 8. The van der Waals surface area contributed by atoms with E-state index in [0.717, 1.165) is 0 Å². The summed E-state index contributed by atoms with van der Waals surface area (Å²) in [5.74, 6) is 0.119. The Morgan fingerprint density at radius 1 is 0.857 bits per heavy atom. The molecule has 2 aromatic rings. The van der Waals surface area contributed by atoms with Gasteiger partial charge in [-0.25, -0.2) is 0 Å². The number of nitrogens with one attached hydrogen (secondary N) is 1. The quantitative estimate of drug-likeness (QED) is 0.244. The lowest BCUT2D eigenvalue weighted by molar-refractivity contribution is -0.126. The first-order chi connectivity index (χ1) is 16.8. The number of nitrogens with zero attached hydrogens (tertiary/aromatic N) is 2. The molecule has 0 aliphatic heterocycles. The minimum absolute atomic E-state index is 0.142. The van der Waals surface area contributed by atoms with Crippen LogP contribution in [0, 0.1) is 0 Å². The highest BCUT2D eigenvalue weighted by Crippen LogP contribution is 2.40. The van der Waals surface area contributed by atoms with Gasteiger partial charge >= 0.3 is 0 Å². The van der Waals surface area contributed by atoms with E-state index in [0.29, 0.717) is 54.4 Å². The molecule has 0 aliphatic carbocycles. The Bertz CT molecular complexity index is 1080. The van der Waals surface area contributed by atoms with Gasteiger partial charge in [0.15, 0.2) is 5.78 Å². The molecular weight excluding hydrogens is 497 g/mol. The molecule has 1 amide bonds. The van der Waals surface area contributed by atoms with Crippen LogP contribution in [0.5, 0.6) is 23.0 Å². The van der Waals surface area contributed by atoms with Gasteiger partial charge in [0.2, 0.25) is 6.04 Å². The third-order valence-electron chi connectivity index (χ3n) is 4.44. The van der Waals surface area contributed by atoms with Gasteiger partial charge in [0.25, 0.3) is 5.91 Å². The zero-order valence-electron chi connectivity index (χ0n) is 20.3. The summed E-state index contributed by atoms with van der Waals surface area (Å²) in [6, 6.07) is 4.88. The van der Waals surface area contributed by atoms with Crippen LogP contribution >= 0.6 is 23.2 Å². The maximum Gasteiger partial charge on any atom is 0.258 e. The van der Waals surface area contributed by atoms with E-state index in [1.807, 2.05) is 6.92 Å². The number of ether oxygens (including phenoxy) is 4.